The molecule has 6 heteroatoms. The molecular formula is C10H5F3N2O. The van der Waals surface area contributed by atoms with E-state index >= 15 is 0 Å². The van der Waals surface area contributed by atoms with E-state index < -0.39 is 23.0 Å². The Kier molecular flexibility index (Phi) is 2.47. The fourth-order valence-electron chi connectivity index (χ4n) is 1.29. The summed E-state index contributed by atoms with van der Waals surface area (Å²) in [6.07, 6.45) is 1.58. The van der Waals surface area contributed by atoms with Crippen LogP contribution in [-0.4, -0.2) is 16.3 Å². The first-order chi connectivity index (χ1) is 7.61. The van der Waals surface area contributed by atoms with Crippen LogP contribution in [0.3, 0.4) is 0 Å². The lowest BCUT2D eigenvalue weighted by Gasteiger charge is -2.01. The number of H-pyrrole nitrogens is 1. The standard InChI is InChI=1S/C10H5F3N2O/c11-5-1-7(12)9(8(13)2-5)10-14-3-6(4-16)15-10/h1-4H,(H,14,15). The lowest BCUT2D eigenvalue weighted by Crippen LogP contribution is -1.94. The highest BCUT2D eigenvalue weighted by atomic mass is 19.1. The molecule has 0 radical (unpaired) electrons. The van der Waals surface area contributed by atoms with E-state index in [2.05, 4.69) is 9.97 Å². The van der Waals surface area contributed by atoms with E-state index in [9.17, 15) is 18.0 Å². The van der Waals surface area contributed by atoms with Gasteiger partial charge in [-0.05, 0) is 0 Å². The molecule has 16 heavy (non-hydrogen) atoms. The lowest BCUT2D eigenvalue weighted by molar-refractivity contribution is 0.111. The van der Waals surface area contributed by atoms with Crippen molar-refractivity contribution >= 4 is 6.29 Å². The van der Waals surface area contributed by atoms with Crippen LogP contribution in [0.1, 0.15) is 10.5 Å². The first-order valence-electron chi connectivity index (χ1n) is 4.27. The molecule has 0 aliphatic rings. The van der Waals surface area contributed by atoms with Crippen molar-refractivity contribution in [3.8, 4) is 11.4 Å². The van der Waals surface area contributed by atoms with Crippen LogP contribution in [0.15, 0.2) is 18.3 Å². The van der Waals surface area contributed by atoms with Crippen molar-refractivity contribution < 1.29 is 18.0 Å². The first kappa shape index (κ1) is 10.4. The van der Waals surface area contributed by atoms with Gasteiger partial charge in [0.2, 0.25) is 0 Å². The number of nitrogens with one attached hydrogen (secondary N) is 1. The van der Waals surface area contributed by atoms with Crippen LogP contribution in [0.4, 0.5) is 13.2 Å². The van der Waals surface area contributed by atoms with Crippen LogP contribution >= 0.6 is 0 Å². The zero-order valence-corrected chi connectivity index (χ0v) is 7.80. The van der Waals surface area contributed by atoms with Gasteiger partial charge >= 0.3 is 0 Å². The van der Waals surface area contributed by atoms with Gasteiger partial charge in [0.1, 0.15) is 23.3 Å². The number of carbonyl (C=O) groups is 1. The van der Waals surface area contributed by atoms with Crippen molar-refractivity contribution in [1.29, 1.82) is 0 Å². The number of aromatic amines is 1. The minimum atomic E-state index is -1.08. The maximum absolute atomic E-state index is 13.3. The molecule has 0 fully saturated rings. The average Bonchev–Trinajstić information content (AvgIpc) is 2.64. The number of rotatable bonds is 2. The third-order valence-electron chi connectivity index (χ3n) is 1.97. The number of hydrogen-bond acceptors (Lipinski definition) is 2. The smallest absolute Gasteiger partial charge is 0.167 e. The van der Waals surface area contributed by atoms with Crippen molar-refractivity contribution in [1.82, 2.24) is 9.97 Å². The molecule has 0 atom stereocenters. The summed E-state index contributed by atoms with van der Waals surface area (Å²) in [4.78, 5) is 16.4. The topological polar surface area (TPSA) is 45.8 Å². The summed E-state index contributed by atoms with van der Waals surface area (Å²) in [5.41, 5.74) is -0.410. The Balaban J connectivity index is 2.59. The fourth-order valence-corrected chi connectivity index (χ4v) is 1.29. The largest absolute Gasteiger partial charge is 0.336 e. The predicted octanol–water partition coefficient (Wildman–Crippen LogP) is 2.31. The number of imidazole rings is 1. The summed E-state index contributed by atoms with van der Waals surface area (Å²) in [5, 5.41) is 0. The molecule has 0 aliphatic heterocycles. The number of halogens is 3. The Morgan fingerprint density at radius 1 is 1.19 bits per heavy atom. The fraction of sp³-hybridized carbons (Fsp3) is 0. The van der Waals surface area contributed by atoms with E-state index in [-0.39, 0.29) is 11.5 Å². The van der Waals surface area contributed by atoms with Crippen LogP contribution in [0.25, 0.3) is 11.4 Å². The number of aromatic nitrogens is 2. The van der Waals surface area contributed by atoms with Gasteiger partial charge in [-0.2, -0.15) is 0 Å². The maximum Gasteiger partial charge on any atom is 0.167 e. The Morgan fingerprint density at radius 3 is 2.31 bits per heavy atom. The molecule has 0 spiro atoms. The zero-order valence-electron chi connectivity index (χ0n) is 7.80. The first-order valence-corrected chi connectivity index (χ1v) is 4.27. The minimum Gasteiger partial charge on any atom is -0.336 e. The Bertz CT molecular complexity index is 528. The average molecular weight is 226 g/mol. The van der Waals surface area contributed by atoms with E-state index in [1.807, 2.05) is 0 Å². The molecule has 0 saturated heterocycles. The van der Waals surface area contributed by atoms with Crippen molar-refractivity contribution in [3.63, 3.8) is 0 Å². The summed E-state index contributed by atoms with van der Waals surface area (Å²) < 4.78 is 39.2. The number of hydrogen-bond donors (Lipinski definition) is 1. The van der Waals surface area contributed by atoms with Gasteiger partial charge in [0.25, 0.3) is 0 Å². The van der Waals surface area contributed by atoms with Crippen LogP contribution < -0.4 is 0 Å². The number of nitrogens with zero attached hydrogens (tertiary/aromatic N) is 1. The van der Waals surface area contributed by atoms with Crippen LogP contribution in [0, 0.1) is 17.5 Å². The van der Waals surface area contributed by atoms with Crippen LogP contribution in [-0.2, 0) is 0 Å². The van der Waals surface area contributed by atoms with Crippen molar-refractivity contribution in [2.45, 2.75) is 0 Å². The van der Waals surface area contributed by atoms with Crippen molar-refractivity contribution in [2.24, 2.45) is 0 Å². The second kappa shape index (κ2) is 3.80. The summed E-state index contributed by atoms with van der Waals surface area (Å²) in [7, 11) is 0. The maximum atomic E-state index is 13.3. The molecule has 0 aliphatic carbocycles. The molecular weight excluding hydrogens is 221 g/mol. The van der Waals surface area contributed by atoms with Crippen LogP contribution in [0.2, 0.25) is 0 Å². The summed E-state index contributed by atoms with van der Waals surface area (Å²) in [6, 6.07) is 1.09. The van der Waals surface area contributed by atoms with Gasteiger partial charge in [-0.3, -0.25) is 4.79 Å². The highest BCUT2D eigenvalue weighted by molar-refractivity contribution is 5.73. The van der Waals surface area contributed by atoms with E-state index in [4.69, 9.17) is 0 Å². The van der Waals surface area contributed by atoms with Crippen LogP contribution in [0.5, 0.6) is 0 Å². The third kappa shape index (κ3) is 1.69. The van der Waals surface area contributed by atoms with E-state index in [1.165, 1.54) is 0 Å². The molecule has 0 bridgehead atoms. The molecule has 0 amide bonds. The molecule has 1 aromatic heterocycles. The van der Waals surface area contributed by atoms with Gasteiger partial charge in [0, 0.05) is 12.1 Å². The normalized spacial score (nSPS) is 10.4. The van der Waals surface area contributed by atoms with E-state index in [0.29, 0.717) is 18.4 Å². The minimum absolute atomic E-state index is 0.0816. The number of benzene rings is 1. The second-order valence-corrected chi connectivity index (χ2v) is 3.05. The van der Waals surface area contributed by atoms with Crippen molar-refractivity contribution in [2.75, 3.05) is 0 Å². The molecule has 2 aromatic rings. The Hall–Kier alpha value is -2.11. The van der Waals surface area contributed by atoms with Gasteiger partial charge in [-0.1, -0.05) is 0 Å². The SMILES string of the molecule is O=Cc1cnc(-c2c(F)cc(F)cc2F)[nH]1. The zero-order chi connectivity index (χ0) is 11.7. The molecule has 1 heterocycles. The van der Waals surface area contributed by atoms with Gasteiger partial charge in [0.15, 0.2) is 6.29 Å². The predicted molar refractivity (Wildman–Crippen MR) is 49.3 cm³/mol. The van der Waals surface area contributed by atoms with Gasteiger partial charge in [-0.15, -0.1) is 0 Å². The van der Waals surface area contributed by atoms with Gasteiger partial charge < -0.3 is 4.98 Å². The summed E-state index contributed by atoms with van der Waals surface area (Å²) >= 11 is 0. The molecule has 0 saturated carbocycles. The third-order valence-corrected chi connectivity index (χ3v) is 1.97. The molecule has 82 valence electrons. The van der Waals surface area contributed by atoms with Gasteiger partial charge in [0.05, 0.1) is 17.5 Å². The monoisotopic (exact) mass is 226 g/mol. The molecule has 1 N–H and O–H groups in total. The Morgan fingerprint density at radius 2 is 1.81 bits per heavy atom. The molecule has 3 nitrogen and oxygen atoms in total. The molecule has 1 aromatic carbocycles. The number of carbonyl (C=O) groups excluding carboxylic acids is 1. The summed E-state index contributed by atoms with van der Waals surface area (Å²) in [5.74, 6) is -3.33. The van der Waals surface area contributed by atoms with E-state index in [1.54, 1.807) is 0 Å². The Labute approximate surface area is 87.9 Å². The molecule has 0 unspecified atom stereocenters. The van der Waals surface area contributed by atoms with Gasteiger partial charge in [-0.25, -0.2) is 18.2 Å². The quantitative estimate of drug-likeness (QED) is 0.798. The highest BCUT2D eigenvalue weighted by Gasteiger charge is 2.16. The second-order valence-electron chi connectivity index (χ2n) is 3.05. The van der Waals surface area contributed by atoms with E-state index in [0.717, 1.165) is 6.20 Å². The molecule has 2 rings (SSSR count). The van der Waals surface area contributed by atoms with Crippen molar-refractivity contribution in [3.05, 3.63) is 41.5 Å². The lowest BCUT2D eigenvalue weighted by atomic mass is 10.2. The summed E-state index contributed by atoms with van der Waals surface area (Å²) in [6.45, 7) is 0. The highest BCUT2D eigenvalue weighted by Crippen LogP contribution is 2.24. The number of aldehydes is 1.